The molecule has 0 saturated carbocycles. The molecule has 0 spiro atoms. The summed E-state index contributed by atoms with van der Waals surface area (Å²) in [7, 11) is 0. The van der Waals surface area contributed by atoms with Gasteiger partial charge in [-0.05, 0) is 45.4 Å². The molecule has 0 aliphatic carbocycles. The van der Waals surface area contributed by atoms with Gasteiger partial charge in [-0.1, -0.05) is 59.4 Å². The van der Waals surface area contributed by atoms with E-state index in [1.807, 2.05) is 68.5 Å². The first-order valence-corrected chi connectivity index (χ1v) is 11.7. The number of carbonyl (C=O) groups is 1. The van der Waals surface area contributed by atoms with Crippen LogP contribution in [0.3, 0.4) is 0 Å². The second-order valence-corrected chi connectivity index (χ2v) is 8.69. The molecule has 0 saturated heterocycles. The van der Waals surface area contributed by atoms with Gasteiger partial charge in [0.15, 0.2) is 4.80 Å². The van der Waals surface area contributed by atoms with E-state index in [0.29, 0.717) is 33.0 Å². The first-order chi connectivity index (χ1) is 15.9. The van der Waals surface area contributed by atoms with Crippen molar-refractivity contribution in [2.75, 3.05) is 13.2 Å². The van der Waals surface area contributed by atoms with E-state index in [-0.39, 0.29) is 12.2 Å². The highest BCUT2D eigenvalue weighted by atomic mass is 32.1. The summed E-state index contributed by atoms with van der Waals surface area (Å²) < 4.78 is 13.3. The molecule has 0 N–H and O–H groups in total. The Balaban J connectivity index is 1.98. The maximum atomic E-state index is 13.6. The van der Waals surface area contributed by atoms with Crippen LogP contribution < -0.4 is 19.6 Å². The third-order valence-corrected chi connectivity index (χ3v) is 6.39. The van der Waals surface area contributed by atoms with Crippen LogP contribution in [0.5, 0.6) is 5.75 Å². The molecule has 1 aliphatic rings. The number of fused-ring (bicyclic) bond motifs is 1. The number of para-hydroxylation sites is 1. The Hall–Kier alpha value is -3.45. The van der Waals surface area contributed by atoms with Crippen LogP contribution in [0.15, 0.2) is 69.6 Å². The van der Waals surface area contributed by atoms with Crippen molar-refractivity contribution in [1.82, 2.24) is 4.57 Å². The summed E-state index contributed by atoms with van der Waals surface area (Å²) in [5.74, 6) is 0.137. The van der Waals surface area contributed by atoms with Crippen molar-refractivity contribution >= 4 is 23.4 Å². The fourth-order valence-corrected chi connectivity index (χ4v) is 4.94. The van der Waals surface area contributed by atoms with E-state index in [2.05, 4.69) is 4.99 Å². The molecule has 1 aliphatic heterocycles. The Labute approximate surface area is 196 Å². The first-order valence-electron chi connectivity index (χ1n) is 10.9. The molecule has 1 aromatic heterocycles. The second-order valence-electron chi connectivity index (χ2n) is 7.68. The molecule has 7 heteroatoms. The van der Waals surface area contributed by atoms with Gasteiger partial charge in [-0.15, -0.1) is 0 Å². The average molecular weight is 463 g/mol. The standard InChI is InChI=1S/C26H26N2O4S/c1-5-31-20-10-8-7-9-19(20)23-22(25(30)32-6-2)17(4)27-26-28(23)24(29)21(33-26)15-18-13-11-16(3)12-14-18/h7-15,23H,5-6H2,1-4H3/b21-15-. The second kappa shape index (κ2) is 9.58. The predicted octanol–water partition coefficient (Wildman–Crippen LogP) is 3.51. The lowest BCUT2D eigenvalue weighted by atomic mass is 9.95. The van der Waals surface area contributed by atoms with Crippen molar-refractivity contribution in [3.63, 3.8) is 0 Å². The Morgan fingerprint density at radius 1 is 1.09 bits per heavy atom. The van der Waals surface area contributed by atoms with Gasteiger partial charge in [-0.3, -0.25) is 9.36 Å². The maximum Gasteiger partial charge on any atom is 0.338 e. The van der Waals surface area contributed by atoms with E-state index in [9.17, 15) is 9.59 Å². The zero-order valence-corrected chi connectivity index (χ0v) is 19.9. The smallest absolute Gasteiger partial charge is 0.338 e. The summed E-state index contributed by atoms with van der Waals surface area (Å²) >= 11 is 1.31. The van der Waals surface area contributed by atoms with Gasteiger partial charge in [0.25, 0.3) is 5.56 Å². The van der Waals surface area contributed by atoms with Gasteiger partial charge in [0.2, 0.25) is 0 Å². The molecule has 1 atom stereocenters. The molecule has 2 aromatic carbocycles. The van der Waals surface area contributed by atoms with Gasteiger partial charge in [-0.2, -0.15) is 0 Å². The largest absolute Gasteiger partial charge is 0.494 e. The molecule has 2 heterocycles. The summed E-state index contributed by atoms with van der Waals surface area (Å²) in [5, 5.41) is 0. The fourth-order valence-electron chi connectivity index (χ4n) is 3.89. The Kier molecular flexibility index (Phi) is 6.60. The number of ether oxygens (including phenoxy) is 2. The van der Waals surface area contributed by atoms with Crippen LogP contribution in [-0.4, -0.2) is 23.8 Å². The molecule has 0 bridgehead atoms. The summed E-state index contributed by atoms with van der Waals surface area (Å²) in [4.78, 5) is 31.8. The highest BCUT2D eigenvalue weighted by Crippen LogP contribution is 2.35. The minimum Gasteiger partial charge on any atom is -0.494 e. The summed E-state index contributed by atoms with van der Waals surface area (Å²) in [6.07, 6.45) is 1.86. The molecule has 0 amide bonds. The van der Waals surface area contributed by atoms with E-state index in [1.165, 1.54) is 11.3 Å². The van der Waals surface area contributed by atoms with E-state index in [0.717, 1.165) is 16.7 Å². The number of benzene rings is 2. The number of thiazole rings is 1. The minimum atomic E-state index is -0.691. The number of hydrogen-bond donors (Lipinski definition) is 0. The van der Waals surface area contributed by atoms with Crippen LogP contribution in [-0.2, 0) is 9.53 Å². The van der Waals surface area contributed by atoms with Crippen molar-refractivity contribution in [1.29, 1.82) is 0 Å². The quantitative estimate of drug-likeness (QED) is 0.526. The number of hydrogen-bond acceptors (Lipinski definition) is 6. The molecule has 4 rings (SSSR count). The number of allylic oxidation sites excluding steroid dienone is 1. The normalized spacial score (nSPS) is 15.8. The number of aromatic nitrogens is 1. The van der Waals surface area contributed by atoms with Gasteiger partial charge < -0.3 is 9.47 Å². The van der Waals surface area contributed by atoms with Crippen molar-refractivity contribution in [3.05, 3.63) is 96.2 Å². The van der Waals surface area contributed by atoms with E-state index >= 15 is 0 Å². The highest BCUT2D eigenvalue weighted by Gasteiger charge is 2.34. The maximum absolute atomic E-state index is 13.6. The molecule has 0 fully saturated rings. The van der Waals surface area contributed by atoms with Crippen LogP contribution in [0, 0.1) is 6.92 Å². The topological polar surface area (TPSA) is 69.9 Å². The van der Waals surface area contributed by atoms with E-state index < -0.39 is 12.0 Å². The van der Waals surface area contributed by atoms with Crippen LogP contribution in [0.2, 0.25) is 0 Å². The van der Waals surface area contributed by atoms with Crippen molar-refractivity contribution in [3.8, 4) is 5.75 Å². The third kappa shape index (κ3) is 4.41. The highest BCUT2D eigenvalue weighted by molar-refractivity contribution is 7.07. The van der Waals surface area contributed by atoms with Crippen LogP contribution in [0.1, 0.15) is 43.5 Å². The predicted molar refractivity (Wildman–Crippen MR) is 129 cm³/mol. The fraction of sp³-hybridized carbons (Fsp3) is 0.269. The summed E-state index contributed by atoms with van der Waals surface area (Å²) in [6, 6.07) is 14.7. The van der Waals surface area contributed by atoms with Crippen molar-refractivity contribution in [2.45, 2.75) is 33.7 Å². The van der Waals surface area contributed by atoms with E-state index in [1.54, 1.807) is 18.4 Å². The SMILES string of the molecule is CCOC(=O)C1=C(C)N=c2s/c(=C\c3ccc(C)cc3)c(=O)n2C1c1ccccc1OCC. The molecule has 3 aromatic rings. The minimum absolute atomic E-state index is 0.204. The lowest BCUT2D eigenvalue weighted by Crippen LogP contribution is -2.40. The zero-order valence-electron chi connectivity index (χ0n) is 19.1. The monoisotopic (exact) mass is 462 g/mol. The molecule has 33 heavy (non-hydrogen) atoms. The molecule has 170 valence electrons. The number of aryl methyl sites for hydroxylation is 1. The molecular formula is C26H26N2O4S. The van der Waals surface area contributed by atoms with Gasteiger partial charge in [0, 0.05) is 5.56 Å². The van der Waals surface area contributed by atoms with Gasteiger partial charge >= 0.3 is 5.97 Å². The molecule has 0 radical (unpaired) electrons. The van der Waals surface area contributed by atoms with Crippen LogP contribution in [0.4, 0.5) is 0 Å². The molecule has 6 nitrogen and oxygen atoms in total. The Morgan fingerprint density at radius 2 is 1.82 bits per heavy atom. The van der Waals surface area contributed by atoms with Gasteiger partial charge in [0.1, 0.15) is 11.8 Å². The zero-order chi connectivity index (χ0) is 23.5. The van der Waals surface area contributed by atoms with E-state index in [4.69, 9.17) is 9.47 Å². The number of rotatable bonds is 6. The van der Waals surface area contributed by atoms with Crippen LogP contribution >= 0.6 is 11.3 Å². The summed E-state index contributed by atoms with van der Waals surface area (Å²) in [6.45, 7) is 8.15. The Bertz CT molecular complexity index is 1400. The number of esters is 1. The first kappa shape index (κ1) is 22.7. The van der Waals surface area contributed by atoms with Crippen LogP contribution in [0.25, 0.3) is 6.08 Å². The average Bonchev–Trinajstić information content (AvgIpc) is 3.10. The van der Waals surface area contributed by atoms with Gasteiger partial charge in [-0.25, -0.2) is 9.79 Å². The van der Waals surface area contributed by atoms with Gasteiger partial charge in [0.05, 0.1) is 29.0 Å². The van der Waals surface area contributed by atoms with Crippen molar-refractivity contribution in [2.24, 2.45) is 4.99 Å². The number of carbonyl (C=O) groups excluding carboxylic acids is 1. The Morgan fingerprint density at radius 3 is 2.52 bits per heavy atom. The molecular weight excluding hydrogens is 436 g/mol. The summed E-state index contributed by atoms with van der Waals surface area (Å²) in [5.41, 5.74) is 3.48. The molecule has 1 unspecified atom stereocenters. The van der Waals surface area contributed by atoms with Crippen molar-refractivity contribution < 1.29 is 14.3 Å². The number of nitrogens with zero attached hydrogens (tertiary/aromatic N) is 2. The third-order valence-electron chi connectivity index (χ3n) is 5.41. The lowest BCUT2D eigenvalue weighted by molar-refractivity contribution is -0.139. The lowest BCUT2D eigenvalue weighted by Gasteiger charge is -2.26.